The number of rotatable bonds is 7. The third-order valence-electron chi connectivity index (χ3n) is 4.34. The Morgan fingerprint density at radius 3 is 2.43 bits per heavy atom. The lowest BCUT2D eigenvalue weighted by atomic mass is 10.2. The molecule has 30 heavy (non-hydrogen) atoms. The van der Waals surface area contributed by atoms with E-state index in [1.54, 1.807) is 27.7 Å². The van der Waals surface area contributed by atoms with Crippen molar-refractivity contribution < 1.29 is 14.2 Å². The third kappa shape index (κ3) is 3.52. The average Bonchev–Trinajstić information content (AvgIpc) is 3.40. The predicted molar refractivity (Wildman–Crippen MR) is 116 cm³/mol. The number of nitrogens with zero attached hydrogens (tertiary/aromatic N) is 5. The minimum absolute atomic E-state index is 0.530. The third-order valence-corrected chi connectivity index (χ3v) is 5.46. The van der Waals surface area contributed by atoms with Gasteiger partial charge in [-0.25, -0.2) is 19.9 Å². The number of aromatic nitrogens is 5. The molecule has 0 radical (unpaired) electrons. The van der Waals surface area contributed by atoms with Crippen LogP contribution in [0.5, 0.6) is 17.2 Å². The van der Waals surface area contributed by atoms with Crippen LogP contribution in [0.15, 0.2) is 37.6 Å². The molecule has 3 heterocycles. The lowest BCUT2D eigenvalue weighted by Gasteiger charge is -2.14. The van der Waals surface area contributed by atoms with E-state index in [9.17, 15) is 0 Å². The average molecular weight is 424 g/mol. The fourth-order valence-electron chi connectivity index (χ4n) is 2.89. The molecular weight excluding hydrogens is 404 g/mol. The van der Waals surface area contributed by atoms with Crippen molar-refractivity contribution in [3.8, 4) is 22.9 Å². The summed E-state index contributed by atoms with van der Waals surface area (Å²) < 4.78 is 18.1. The van der Waals surface area contributed by atoms with Crippen LogP contribution in [0.1, 0.15) is 11.9 Å². The first-order chi connectivity index (χ1) is 14.5. The zero-order valence-electron chi connectivity index (χ0n) is 17.0. The molecule has 0 aliphatic carbocycles. The Kier molecular flexibility index (Phi) is 5.23. The highest BCUT2D eigenvalue weighted by molar-refractivity contribution is 7.19. The van der Waals surface area contributed by atoms with Crippen LogP contribution in [-0.4, -0.2) is 45.8 Å². The number of methoxy groups -OCH3 is 3. The molecule has 0 unspecified atom stereocenters. The lowest BCUT2D eigenvalue weighted by Crippen LogP contribution is -1.99. The summed E-state index contributed by atoms with van der Waals surface area (Å²) in [6, 6.07) is 3.69. The monoisotopic (exact) mass is 424 g/mol. The first kappa shape index (κ1) is 19.6. The highest BCUT2D eigenvalue weighted by atomic mass is 32.1. The molecule has 0 aliphatic heterocycles. The number of fused-ring (bicyclic) bond motifs is 1. The van der Waals surface area contributed by atoms with E-state index in [4.69, 9.17) is 14.2 Å². The number of thiazole rings is 1. The topological polar surface area (TPSA) is 96.2 Å². The molecule has 0 bridgehead atoms. The van der Waals surface area contributed by atoms with Crippen LogP contribution in [0.3, 0.4) is 0 Å². The Bertz CT molecular complexity index is 1210. The minimum atomic E-state index is 0.530. The maximum Gasteiger partial charge on any atom is 0.203 e. The van der Waals surface area contributed by atoms with Crippen LogP contribution in [0, 0.1) is 0 Å². The van der Waals surface area contributed by atoms with Crippen molar-refractivity contribution in [1.82, 2.24) is 24.5 Å². The van der Waals surface area contributed by atoms with Gasteiger partial charge in [-0.05, 0) is 12.5 Å². The second kappa shape index (κ2) is 7.99. The smallest absolute Gasteiger partial charge is 0.203 e. The van der Waals surface area contributed by atoms with Gasteiger partial charge in [0.05, 0.1) is 33.2 Å². The van der Waals surface area contributed by atoms with E-state index in [2.05, 4.69) is 31.8 Å². The number of nitrogens with one attached hydrogen (secondary N) is 1. The van der Waals surface area contributed by atoms with Crippen molar-refractivity contribution in [2.75, 3.05) is 26.6 Å². The molecule has 0 spiro atoms. The van der Waals surface area contributed by atoms with E-state index in [0.717, 1.165) is 21.1 Å². The molecule has 0 amide bonds. The van der Waals surface area contributed by atoms with Crippen molar-refractivity contribution >= 4 is 38.9 Å². The van der Waals surface area contributed by atoms with Gasteiger partial charge in [0, 0.05) is 12.1 Å². The van der Waals surface area contributed by atoms with Gasteiger partial charge < -0.3 is 24.1 Å². The summed E-state index contributed by atoms with van der Waals surface area (Å²) in [5.41, 5.74) is 2.37. The van der Waals surface area contributed by atoms with Gasteiger partial charge in [0.15, 0.2) is 17.3 Å². The van der Waals surface area contributed by atoms with Crippen LogP contribution in [-0.2, 0) is 0 Å². The van der Waals surface area contributed by atoms with Crippen LogP contribution < -0.4 is 19.5 Å². The summed E-state index contributed by atoms with van der Waals surface area (Å²) >= 11 is 1.48. The van der Waals surface area contributed by atoms with E-state index in [1.807, 2.05) is 29.8 Å². The Morgan fingerprint density at radius 2 is 1.80 bits per heavy atom. The van der Waals surface area contributed by atoms with E-state index in [0.29, 0.717) is 34.4 Å². The molecule has 1 N–H and O–H groups in total. The molecule has 4 rings (SSSR count). The van der Waals surface area contributed by atoms with Crippen molar-refractivity contribution in [3.05, 3.63) is 42.6 Å². The predicted octanol–water partition coefficient (Wildman–Crippen LogP) is 4.07. The molecule has 0 aliphatic rings. The number of hydrogen-bond acceptors (Lipinski definition) is 9. The van der Waals surface area contributed by atoms with Gasteiger partial charge in [-0.3, -0.25) is 0 Å². The first-order valence-electron chi connectivity index (χ1n) is 8.92. The van der Waals surface area contributed by atoms with Crippen LogP contribution >= 0.6 is 11.3 Å². The Hall–Kier alpha value is -3.66. The molecule has 0 fully saturated rings. The van der Waals surface area contributed by atoms with Crippen LogP contribution in [0.25, 0.3) is 21.6 Å². The molecule has 3 aromatic heterocycles. The molecule has 0 atom stereocenters. The molecule has 154 valence electrons. The number of ether oxygens (including phenoxy) is 3. The Balaban J connectivity index is 1.67. The number of allylic oxidation sites excluding steroid dienone is 1. The number of imidazole rings is 1. The molecule has 0 saturated carbocycles. The zero-order chi connectivity index (χ0) is 21.3. The molecule has 4 aromatic rings. The fraction of sp³-hybridized carbons (Fsp3) is 0.200. The Morgan fingerprint density at radius 1 is 1.07 bits per heavy atom. The highest BCUT2D eigenvalue weighted by Crippen LogP contribution is 2.39. The molecule has 1 aromatic carbocycles. The standard InChI is InChI=1S/C20H20N6O3S/c1-11(2)19-25-16-18(21-9-22-20(16)30-19)24-15-8-26(10-23-15)12-6-13(27-3)17(29-5)14(7-12)28-4/h6-10H,1H2,2-5H3,(H,21,22,24). The summed E-state index contributed by atoms with van der Waals surface area (Å²) in [5, 5.41) is 4.04. The molecular formula is C20H20N6O3S. The summed E-state index contributed by atoms with van der Waals surface area (Å²) in [7, 11) is 4.73. The fourth-order valence-corrected chi connectivity index (χ4v) is 3.73. The van der Waals surface area contributed by atoms with Crippen LogP contribution in [0.2, 0.25) is 0 Å². The van der Waals surface area contributed by atoms with Gasteiger partial charge in [0.1, 0.15) is 33.8 Å². The van der Waals surface area contributed by atoms with Gasteiger partial charge in [0.25, 0.3) is 0 Å². The lowest BCUT2D eigenvalue weighted by molar-refractivity contribution is 0.324. The quantitative estimate of drug-likeness (QED) is 0.474. The van der Waals surface area contributed by atoms with Gasteiger partial charge >= 0.3 is 0 Å². The maximum atomic E-state index is 5.43. The van der Waals surface area contributed by atoms with E-state index < -0.39 is 0 Å². The van der Waals surface area contributed by atoms with Crippen LogP contribution in [0.4, 0.5) is 11.6 Å². The second-order valence-corrected chi connectivity index (χ2v) is 7.33. The maximum absolute atomic E-state index is 5.43. The van der Waals surface area contributed by atoms with E-state index >= 15 is 0 Å². The minimum Gasteiger partial charge on any atom is -0.493 e. The molecule has 9 nitrogen and oxygen atoms in total. The normalized spacial score (nSPS) is 10.8. The van der Waals surface area contributed by atoms with E-state index in [-0.39, 0.29) is 0 Å². The summed E-state index contributed by atoms with van der Waals surface area (Å²) in [5.74, 6) is 2.83. The summed E-state index contributed by atoms with van der Waals surface area (Å²) in [4.78, 5) is 18.4. The van der Waals surface area contributed by atoms with Gasteiger partial charge in [-0.2, -0.15) is 0 Å². The zero-order valence-corrected chi connectivity index (χ0v) is 17.8. The number of benzene rings is 1. The highest BCUT2D eigenvalue weighted by Gasteiger charge is 2.15. The van der Waals surface area contributed by atoms with E-state index in [1.165, 1.54) is 17.7 Å². The van der Waals surface area contributed by atoms with Gasteiger partial charge in [-0.15, -0.1) is 0 Å². The Labute approximate surface area is 177 Å². The van der Waals surface area contributed by atoms with Gasteiger partial charge in [0.2, 0.25) is 5.75 Å². The van der Waals surface area contributed by atoms with Crippen molar-refractivity contribution in [3.63, 3.8) is 0 Å². The number of hydrogen-bond donors (Lipinski definition) is 1. The molecule has 0 saturated heterocycles. The largest absolute Gasteiger partial charge is 0.493 e. The second-order valence-electron chi connectivity index (χ2n) is 6.35. The van der Waals surface area contributed by atoms with Gasteiger partial charge in [-0.1, -0.05) is 17.9 Å². The molecule has 10 heteroatoms. The van der Waals surface area contributed by atoms with Crippen molar-refractivity contribution in [1.29, 1.82) is 0 Å². The summed E-state index contributed by atoms with van der Waals surface area (Å²) in [6.07, 6.45) is 5.02. The SMILES string of the molecule is C=C(C)c1nc2c(Nc3cn(-c4cc(OC)c(OC)c(OC)c4)cn3)ncnc2s1. The first-order valence-corrected chi connectivity index (χ1v) is 9.74. The summed E-state index contributed by atoms with van der Waals surface area (Å²) in [6.45, 7) is 5.86. The van der Waals surface area contributed by atoms with Crippen molar-refractivity contribution in [2.45, 2.75) is 6.92 Å². The van der Waals surface area contributed by atoms with Crippen molar-refractivity contribution in [2.24, 2.45) is 0 Å². The number of anilines is 2.